The van der Waals surface area contributed by atoms with Crippen molar-refractivity contribution < 1.29 is 0 Å². The maximum atomic E-state index is 4.51. The molecule has 72 valence electrons. The van der Waals surface area contributed by atoms with Crippen LogP contribution in [0.25, 0.3) is 0 Å². The van der Waals surface area contributed by atoms with Crippen LogP contribution in [0.3, 0.4) is 0 Å². The van der Waals surface area contributed by atoms with Crippen molar-refractivity contribution >= 4 is 5.84 Å². The van der Waals surface area contributed by atoms with Gasteiger partial charge in [0.05, 0.1) is 6.54 Å². The normalized spacial score (nSPS) is 20.4. The highest BCUT2D eigenvalue weighted by molar-refractivity contribution is 5.87. The predicted molar refractivity (Wildman–Crippen MR) is 57.6 cm³/mol. The lowest BCUT2D eigenvalue weighted by molar-refractivity contribution is 0.725. The summed E-state index contributed by atoms with van der Waals surface area (Å²) in [4.78, 5) is 4.51. The van der Waals surface area contributed by atoms with Crippen molar-refractivity contribution in [1.29, 1.82) is 0 Å². The summed E-state index contributed by atoms with van der Waals surface area (Å²) in [6.45, 7) is 1.99. The van der Waals surface area contributed by atoms with E-state index in [2.05, 4.69) is 34.6 Å². The predicted octanol–water partition coefficient (Wildman–Crippen LogP) is 1.40. The molecule has 1 heterocycles. The zero-order chi connectivity index (χ0) is 9.38. The molecular weight excluding hydrogens is 172 g/mol. The van der Waals surface area contributed by atoms with Crippen molar-refractivity contribution in [2.75, 3.05) is 13.1 Å². The molecule has 0 saturated heterocycles. The summed E-state index contributed by atoms with van der Waals surface area (Å²) in [5, 5.41) is 3.38. The van der Waals surface area contributed by atoms with Crippen molar-refractivity contribution in [3.8, 4) is 0 Å². The van der Waals surface area contributed by atoms with Crippen LogP contribution in [-0.4, -0.2) is 18.9 Å². The quantitative estimate of drug-likeness (QED) is 0.704. The highest BCUT2D eigenvalue weighted by Crippen LogP contribution is 2.27. The van der Waals surface area contributed by atoms with Gasteiger partial charge in [0.25, 0.3) is 0 Å². The van der Waals surface area contributed by atoms with Crippen molar-refractivity contribution in [1.82, 2.24) is 5.32 Å². The number of hydrogen-bond donors (Lipinski definition) is 1. The lowest BCUT2D eigenvalue weighted by atomic mass is 10.1. The largest absolute Gasteiger partial charge is 0.372 e. The minimum absolute atomic E-state index is 0.620. The summed E-state index contributed by atoms with van der Waals surface area (Å²) < 4.78 is 0. The molecule has 0 fully saturated rings. The maximum Gasteiger partial charge on any atom is 0.100 e. The number of amidine groups is 1. The Morgan fingerprint density at radius 1 is 1.14 bits per heavy atom. The molecule has 0 spiro atoms. The van der Waals surface area contributed by atoms with Gasteiger partial charge in [0.1, 0.15) is 5.84 Å². The second-order valence-electron chi connectivity index (χ2n) is 4.07. The molecule has 14 heavy (non-hydrogen) atoms. The number of aliphatic imine (C=N–C) groups is 1. The van der Waals surface area contributed by atoms with Gasteiger partial charge in [-0.25, -0.2) is 0 Å². The maximum absolute atomic E-state index is 4.51. The molecule has 0 saturated carbocycles. The van der Waals surface area contributed by atoms with Gasteiger partial charge in [0.15, 0.2) is 0 Å². The van der Waals surface area contributed by atoms with E-state index in [0.717, 1.165) is 13.1 Å². The van der Waals surface area contributed by atoms with E-state index in [0.29, 0.717) is 5.92 Å². The minimum Gasteiger partial charge on any atom is -0.372 e. The molecule has 1 aliphatic heterocycles. The molecule has 0 bridgehead atoms. The van der Waals surface area contributed by atoms with Crippen LogP contribution in [0.1, 0.15) is 11.1 Å². The van der Waals surface area contributed by atoms with Crippen LogP contribution in [0, 0.1) is 5.92 Å². The second kappa shape index (κ2) is 3.12. The molecule has 3 rings (SSSR count). The summed E-state index contributed by atoms with van der Waals surface area (Å²) in [6.07, 6.45) is 2.34. The Hall–Kier alpha value is -1.31. The fraction of sp³-hybridized carbons (Fsp3) is 0.417. The van der Waals surface area contributed by atoms with Crippen molar-refractivity contribution in [3.63, 3.8) is 0 Å². The average Bonchev–Trinajstić information content (AvgIpc) is 2.86. The summed E-state index contributed by atoms with van der Waals surface area (Å²) >= 11 is 0. The number of rotatable bonds is 1. The molecular formula is C12H14N2. The third-order valence-electron chi connectivity index (χ3n) is 3.14. The van der Waals surface area contributed by atoms with Crippen LogP contribution in [-0.2, 0) is 12.8 Å². The molecule has 2 heteroatoms. The SMILES string of the molecule is c1ccc2c(c1)CC(C1=NCCN1)C2. The van der Waals surface area contributed by atoms with Gasteiger partial charge in [0.2, 0.25) is 0 Å². The second-order valence-corrected chi connectivity index (χ2v) is 4.07. The van der Waals surface area contributed by atoms with Crippen LogP contribution in [0.5, 0.6) is 0 Å². The number of hydrogen-bond acceptors (Lipinski definition) is 2. The van der Waals surface area contributed by atoms with E-state index in [9.17, 15) is 0 Å². The van der Waals surface area contributed by atoms with Crippen LogP contribution in [0.2, 0.25) is 0 Å². The van der Waals surface area contributed by atoms with E-state index >= 15 is 0 Å². The lowest BCUT2D eigenvalue weighted by Crippen LogP contribution is -2.27. The third-order valence-corrected chi connectivity index (χ3v) is 3.14. The number of nitrogens with zero attached hydrogens (tertiary/aromatic N) is 1. The zero-order valence-electron chi connectivity index (χ0n) is 8.16. The van der Waals surface area contributed by atoms with Crippen LogP contribution < -0.4 is 5.32 Å². The first-order valence-corrected chi connectivity index (χ1v) is 5.28. The Labute approximate surface area is 84.1 Å². The van der Waals surface area contributed by atoms with E-state index in [1.807, 2.05) is 0 Å². The van der Waals surface area contributed by atoms with Crippen molar-refractivity contribution in [2.45, 2.75) is 12.8 Å². The van der Waals surface area contributed by atoms with Gasteiger partial charge >= 0.3 is 0 Å². The Kier molecular flexibility index (Phi) is 1.79. The number of benzene rings is 1. The number of fused-ring (bicyclic) bond motifs is 1. The van der Waals surface area contributed by atoms with Crippen LogP contribution in [0.15, 0.2) is 29.3 Å². The fourth-order valence-electron chi connectivity index (χ4n) is 2.44. The summed E-state index contributed by atoms with van der Waals surface area (Å²) in [6, 6.07) is 8.74. The van der Waals surface area contributed by atoms with Gasteiger partial charge in [-0.2, -0.15) is 0 Å². The summed E-state index contributed by atoms with van der Waals surface area (Å²) in [5.74, 6) is 1.86. The molecule has 1 aromatic rings. The first-order valence-electron chi connectivity index (χ1n) is 5.28. The van der Waals surface area contributed by atoms with Gasteiger partial charge < -0.3 is 5.32 Å². The lowest BCUT2D eigenvalue weighted by Gasteiger charge is -2.08. The average molecular weight is 186 g/mol. The molecule has 1 aliphatic carbocycles. The first kappa shape index (κ1) is 8.04. The molecule has 0 unspecified atom stereocenters. The van der Waals surface area contributed by atoms with E-state index in [1.165, 1.54) is 29.8 Å². The van der Waals surface area contributed by atoms with Gasteiger partial charge in [0, 0.05) is 12.5 Å². The van der Waals surface area contributed by atoms with Crippen LogP contribution >= 0.6 is 0 Å². The van der Waals surface area contributed by atoms with E-state index < -0.39 is 0 Å². The Morgan fingerprint density at radius 2 is 1.86 bits per heavy atom. The highest BCUT2D eigenvalue weighted by Gasteiger charge is 2.26. The van der Waals surface area contributed by atoms with Gasteiger partial charge in [-0.05, 0) is 24.0 Å². The Bertz CT molecular complexity index is 357. The molecule has 1 aromatic carbocycles. The summed E-state index contributed by atoms with van der Waals surface area (Å²) in [7, 11) is 0. The molecule has 1 N–H and O–H groups in total. The zero-order valence-corrected chi connectivity index (χ0v) is 8.16. The Balaban J connectivity index is 1.84. The van der Waals surface area contributed by atoms with Gasteiger partial charge in [-0.15, -0.1) is 0 Å². The number of nitrogens with one attached hydrogen (secondary N) is 1. The molecule has 0 atom stereocenters. The highest BCUT2D eigenvalue weighted by atomic mass is 15.1. The molecule has 2 aliphatic rings. The smallest absolute Gasteiger partial charge is 0.100 e. The van der Waals surface area contributed by atoms with Crippen LogP contribution in [0.4, 0.5) is 0 Å². The summed E-state index contributed by atoms with van der Waals surface area (Å²) in [5.41, 5.74) is 3.02. The molecule has 2 nitrogen and oxygen atoms in total. The van der Waals surface area contributed by atoms with E-state index in [1.54, 1.807) is 0 Å². The monoisotopic (exact) mass is 186 g/mol. The fourth-order valence-corrected chi connectivity index (χ4v) is 2.44. The topological polar surface area (TPSA) is 24.4 Å². The van der Waals surface area contributed by atoms with Crippen molar-refractivity contribution in [2.24, 2.45) is 10.9 Å². The van der Waals surface area contributed by atoms with E-state index in [4.69, 9.17) is 0 Å². The molecule has 0 amide bonds. The van der Waals surface area contributed by atoms with Gasteiger partial charge in [-0.3, -0.25) is 4.99 Å². The molecule has 0 aromatic heterocycles. The molecule has 0 radical (unpaired) electrons. The van der Waals surface area contributed by atoms with Gasteiger partial charge in [-0.1, -0.05) is 24.3 Å². The first-order chi connectivity index (χ1) is 6.93. The van der Waals surface area contributed by atoms with Crippen molar-refractivity contribution in [3.05, 3.63) is 35.4 Å². The Morgan fingerprint density at radius 3 is 2.43 bits per heavy atom. The third kappa shape index (κ3) is 1.22. The van der Waals surface area contributed by atoms with E-state index in [-0.39, 0.29) is 0 Å². The standard InChI is InChI=1S/C12H14N2/c1-2-4-10-8-11(7-9(10)3-1)12-13-5-6-14-12/h1-4,11H,5-8H2,(H,13,14). The minimum atomic E-state index is 0.620.